The lowest BCUT2D eigenvalue weighted by atomic mass is 10.1. The first-order chi connectivity index (χ1) is 10.6. The number of thioether (sulfide) groups is 1. The van der Waals surface area contributed by atoms with Crippen LogP contribution in [0, 0.1) is 0 Å². The third-order valence-corrected chi connectivity index (χ3v) is 4.38. The van der Waals surface area contributed by atoms with Crippen molar-refractivity contribution in [3.63, 3.8) is 0 Å². The molecule has 2 rings (SSSR count). The van der Waals surface area contributed by atoms with E-state index in [4.69, 9.17) is 0 Å². The molecule has 22 heavy (non-hydrogen) atoms. The van der Waals surface area contributed by atoms with E-state index in [0.717, 1.165) is 4.90 Å². The Hall–Kier alpha value is -2.02. The molecule has 7 heteroatoms. The van der Waals surface area contributed by atoms with E-state index in [1.54, 1.807) is 12.1 Å². The van der Waals surface area contributed by atoms with E-state index in [9.17, 15) is 14.4 Å². The zero-order valence-corrected chi connectivity index (χ0v) is 13.4. The zero-order chi connectivity index (χ0) is 16.1. The Labute approximate surface area is 133 Å². The molecule has 3 amide bonds. The number of hydrogen-bond acceptors (Lipinski definition) is 4. The number of carbonyl (C=O) groups excluding carboxylic acids is 3. The van der Waals surface area contributed by atoms with Crippen molar-refractivity contribution in [3.05, 3.63) is 29.8 Å². The van der Waals surface area contributed by atoms with E-state index < -0.39 is 6.04 Å². The smallest absolute Gasteiger partial charge is 0.255 e. The molecule has 1 fully saturated rings. The van der Waals surface area contributed by atoms with Crippen LogP contribution in [-0.4, -0.2) is 55.1 Å². The SMILES string of the molecule is CNC(=O)C[C@@H]1C(=O)NCCN1C(=O)c1ccccc1SC. The molecular formula is C15H19N3O3S. The molecule has 0 bridgehead atoms. The number of nitrogens with zero attached hydrogens (tertiary/aromatic N) is 1. The topological polar surface area (TPSA) is 78.5 Å². The van der Waals surface area contributed by atoms with Gasteiger partial charge in [0.05, 0.1) is 12.0 Å². The normalized spacial score (nSPS) is 17.8. The summed E-state index contributed by atoms with van der Waals surface area (Å²) < 4.78 is 0. The van der Waals surface area contributed by atoms with Crippen LogP contribution in [0.1, 0.15) is 16.8 Å². The minimum absolute atomic E-state index is 0.0322. The Balaban J connectivity index is 2.28. The quantitative estimate of drug-likeness (QED) is 0.791. The maximum absolute atomic E-state index is 12.8. The first-order valence-corrected chi connectivity index (χ1v) is 8.23. The molecule has 1 aromatic rings. The number of carbonyl (C=O) groups is 3. The number of amides is 3. The molecule has 1 aliphatic rings. The maximum Gasteiger partial charge on any atom is 0.255 e. The van der Waals surface area contributed by atoms with E-state index >= 15 is 0 Å². The van der Waals surface area contributed by atoms with Gasteiger partial charge in [-0.05, 0) is 18.4 Å². The minimum Gasteiger partial charge on any atom is -0.359 e. The Kier molecular flexibility index (Phi) is 5.43. The second kappa shape index (κ2) is 7.31. The molecule has 1 saturated heterocycles. The van der Waals surface area contributed by atoms with Crippen LogP contribution in [-0.2, 0) is 9.59 Å². The standard InChI is InChI=1S/C15H19N3O3S/c1-16-13(19)9-11-14(20)17-7-8-18(11)15(21)10-5-3-4-6-12(10)22-2/h3-6,11H,7-9H2,1-2H3,(H,16,19)(H,17,20)/t11-/m1/s1. The summed E-state index contributed by atoms with van der Waals surface area (Å²) in [6.45, 7) is 0.797. The summed E-state index contributed by atoms with van der Waals surface area (Å²) >= 11 is 1.48. The van der Waals surface area contributed by atoms with Gasteiger partial charge < -0.3 is 15.5 Å². The largest absolute Gasteiger partial charge is 0.359 e. The van der Waals surface area contributed by atoms with Gasteiger partial charge in [-0.2, -0.15) is 0 Å². The van der Waals surface area contributed by atoms with Crippen molar-refractivity contribution in [1.82, 2.24) is 15.5 Å². The highest BCUT2D eigenvalue weighted by Gasteiger charge is 2.35. The molecule has 2 N–H and O–H groups in total. The molecular weight excluding hydrogens is 302 g/mol. The van der Waals surface area contributed by atoms with Crippen molar-refractivity contribution >= 4 is 29.5 Å². The number of piperazine rings is 1. The second-order valence-corrected chi connectivity index (χ2v) is 5.73. The van der Waals surface area contributed by atoms with Crippen molar-refractivity contribution in [2.45, 2.75) is 17.4 Å². The maximum atomic E-state index is 12.8. The number of nitrogens with one attached hydrogen (secondary N) is 2. The summed E-state index contributed by atoms with van der Waals surface area (Å²) in [4.78, 5) is 38.8. The van der Waals surface area contributed by atoms with Gasteiger partial charge in [-0.25, -0.2) is 0 Å². The zero-order valence-electron chi connectivity index (χ0n) is 12.6. The molecule has 118 valence electrons. The average molecular weight is 321 g/mol. The van der Waals surface area contributed by atoms with Crippen molar-refractivity contribution in [3.8, 4) is 0 Å². The van der Waals surface area contributed by atoms with E-state index in [2.05, 4.69) is 10.6 Å². The van der Waals surface area contributed by atoms with Crippen LogP contribution in [0.5, 0.6) is 0 Å². The van der Waals surface area contributed by atoms with Crippen LogP contribution >= 0.6 is 11.8 Å². The highest BCUT2D eigenvalue weighted by molar-refractivity contribution is 7.98. The predicted molar refractivity (Wildman–Crippen MR) is 84.7 cm³/mol. The van der Waals surface area contributed by atoms with Gasteiger partial charge in [-0.1, -0.05) is 12.1 Å². The molecule has 1 aliphatic heterocycles. The fourth-order valence-corrected chi connectivity index (χ4v) is 3.00. The second-order valence-electron chi connectivity index (χ2n) is 4.88. The van der Waals surface area contributed by atoms with Crippen molar-refractivity contribution in [2.24, 2.45) is 0 Å². The molecule has 0 spiro atoms. The number of benzene rings is 1. The third kappa shape index (κ3) is 3.41. The Morgan fingerprint density at radius 1 is 1.41 bits per heavy atom. The van der Waals surface area contributed by atoms with E-state index in [-0.39, 0.29) is 24.1 Å². The van der Waals surface area contributed by atoms with Gasteiger partial charge in [0.15, 0.2) is 0 Å². The minimum atomic E-state index is -0.767. The number of rotatable bonds is 4. The Morgan fingerprint density at radius 3 is 2.82 bits per heavy atom. The summed E-state index contributed by atoms with van der Waals surface area (Å²) in [5.41, 5.74) is 0.562. The summed E-state index contributed by atoms with van der Waals surface area (Å²) in [5.74, 6) is -0.767. The van der Waals surface area contributed by atoms with Gasteiger partial charge in [0, 0.05) is 25.0 Å². The Bertz CT molecular complexity index is 591. The molecule has 0 unspecified atom stereocenters. The van der Waals surface area contributed by atoms with E-state index in [0.29, 0.717) is 18.7 Å². The highest BCUT2D eigenvalue weighted by Crippen LogP contribution is 2.23. The number of hydrogen-bond donors (Lipinski definition) is 2. The van der Waals surface area contributed by atoms with Gasteiger partial charge in [-0.3, -0.25) is 14.4 Å². The van der Waals surface area contributed by atoms with Crippen molar-refractivity contribution in [1.29, 1.82) is 0 Å². The van der Waals surface area contributed by atoms with Gasteiger partial charge in [-0.15, -0.1) is 11.8 Å². The lowest BCUT2D eigenvalue weighted by Gasteiger charge is -2.35. The molecule has 1 aromatic carbocycles. The highest BCUT2D eigenvalue weighted by atomic mass is 32.2. The summed E-state index contributed by atoms with van der Waals surface area (Å²) in [5, 5.41) is 5.20. The van der Waals surface area contributed by atoms with Crippen LogP contribution in [0.3, 0.4) is 0 Å². The average Bonchev–Trinajstić information content (AvgIpc) is 2.55. The van der Waals surface area contributed by atoms with Crippen LogP contribution < -0.4 is 10.6 Å². The van der Waals surface area contributed by atoms with Crippen LogP contribution in [0.25, 0.3) is 0 Å². The molecule has 1 atom stereocenters. The third-order valence-electron chi connectivity index (χ3n) is 3.59. The fraction of sp³-hybridized carbons (Fsp3) is 0.400. The van der Waals surface area contributed by atoms with E-state index in [1.165, 1.54) is 23.7 Å². The summed E-state index contributed by atoms with van der Waals surface area (Å²) in [7, 11) is 1.51. The molecule has 0 radical (unpaired) electrons. The van der Waals surface area contributed by atoms with Crippen LogP contribution in [0.4, 0.5) is 0 Å². The first-order valence-electron chi connectivity index (χ1n) is 7.00. The lowest BCUT2D eigenvalue weighted by Crippen LogP contribution is -2.58. The van der Waals surface area contributed by atoms with Gasteiger partial charge >= 0.3 is 0 Å². The van der Waals surface area contributed by atoms with E-state index in [1.807, 2.05) is 18.4 Å². The Morgan fingerprint density at radius 2 is 2.14 bits per heavy atom. The molecule has 6 nitrogen and oxygen atoms in total. The molecule has 0 aliphatic carbocycles. The van der Waals surface area contributed by atoms with Gasteiger partial charge in [0.25, 0.3) is 5.91 Å². The van der Waals surface area contributed by atoms with Crippen molar-refractivity contribution in [2.75, 3.05) is 26.4 Å². The molecule has 0 aromatic heterocycles. The first kappa shape index (κ1) is 16.4. The monoisotopic (exact) mass is 321 g/mol. The summed E-state index contributed by atoms with van der Waals surface area (Å²) in [6.07, 6.45) is 1.87. The van der Waals surface area contributed by atoms with Crippen molar-refractivity contribution < 1.29 is 14.4 Å². The predicted octanol–water partition coefficient (Wildman–Crippen LogP) is 0.485. The van der Waals surface area contributed by atoms with Crippen LogP contribution in [0.15, 0.2) is 29.2 Å². The molecule has 1 heterocycles. The fourth-order valence-electron chi connectivity index (χ4n) is 2.41. The van der Waals surface area contributed by atoms with Gasteiger partial charge in [0.2, 0.25) is 11.8 Å². The lowest BCUT2D eigenvalue weighted by molar-refractivity contribution is -0.132. The summed E-state index contributed by atoms with van der Waals surface area (Å²) in [6, 6.07) is 6.52. The molecule has 0 saturated carbocycles. The van der Waals surface area contributed by atoms with Crippen LogP contribution in [0.2, 0.25) is 0 Å². The van der Waals surface area contributed by atoms with Gasteiger partial charge in [0.1, 0.15) is 6.04 Å².